The zero-order valence-electron chi connectivity index (χ0n) is 14.0. The molecule has 0 spiro atoms. The minimum atomic E-state index is -0.248. The van der Waals surface area contributed by atoms with Gasteiger partial charge in [-0.15, -0.1) is 0 Å². The van der Waals surface area contributed by atoms with Crippen molar-refractivity contribution in [1.82, 2.24) is 19.8 Å². The largest absolute Gasteiger partial charge is 0.338 e. The van der Waals surface area contributed by atoms with Gasteiger partial charge in [-0.2, -0.15) is 0 Å². The number of pyridine rings is 2. The molecule has 0 aromatic carbocycles. The highest BCUT2D eigenvalue weighted by atomic mass is 16.2. The Balaban J connectivity index is 1.41. The average Bonchev–Trinajstić information content (AvgIpc) is 3.02. The first-order chi connectivity index (χ1) is 12.2. The van der Waals surface area contributed by atoms with Gasteiger partial charge < -0.3 is 9.80 Å². The number of rotatable bonds is 3. The SMILES string of the molecule is O=C1CC(C(=O)N2CCc3ncccc3C2)CN1Cc1cccnc1. The number of fused-ring (bicyclic) bond motifs is 1. The van der Waals surface area contributed by atoms with Crippen LogP contribution in [-0.2, 0) is 29.1 Å². The number of carbonyl (C=O) groups is 2. The lowest BCUT2D eigenvalue weighted by Gasteiger charge is -2.30. The van der Waals surface area contributed by atoms with Crippen LogP contribution in [0.4, 0.5) is 0 Å². The highest BCUT2D eigenvalue weighted by Gasteiger charge is 2.37. The van der Waals surface area contributed by atoms with Gasteiger partial charge in [0, 0.05) is 63.3 Å². The molecule has 6 nitrogen and oxygen atoms in total. The van der Waals surface area contributed by atoms with Gasteiger partial charge in [0.2, 0.25) is 11.8 Å². The Morgan fingerprint density at radius 2 is 2.12 bits per heavy atom. The monoisotopic (exact) mass is 336 g/mol. The van der Waals surface area contributed by atoms with Crippen LogP contribution in [0.15, 0.2) is 42.9 Å². The maximum Gasteiger partial charge on any atom is 0.228 e. The average molecular weight is 336 g/mol. The Bertz CT molecular complexity index is 793. The number of amides is 2. The molecule has 0 aliphatic carbocycles. The van der Waals surface area contributed by atoms with Crippen molar-refractivity contribution < 1.29 is 9.59 Å². The normalized spacial score (nSPS) is 19.8. The van der Waals surface area contributed by atoms with Gasteiger partial charge in [-0.05, 0) is 23.3 Å². The van der Waals surface area contributed by atoms with Crippen molar-refractivity contribution in [3.8, 4) is 0 Å². The molecule has 25 heavy (non-hydrogen) atoms. The standard InChI is InChI=1S/C19H20N4O2/c24-18-9-16(13-23(18)11-14-3-1-6-20-10-14)19(25)22-8-5-17-15(12-22)4-2-7-21-17/h1-4,6-7,10,16H,5,8-9,11-13H2. The molecule has 0 saturated carbocycles. The zero-order chi connectivity index (χ0) is 17.2. The number of hydrogen-bond acceptors (Lipinski definition) is 4. The molecule has 1 atom stereocenters. The van der Waals surface area contributed by atoms with Crippen molar-refractivity contribution in [2.45, 2.75) is 25.9 Å². The lowest BCUT2D eigenvalue weighted by Crippen LogP contribution is -2.40. The van der Waals surface area contributed by atoms with Gasteiger partial charge in [0.05, 0.1) is 5.92 Å². The summed E-state index contributed by atoms with van der Waals surface area (Å²) in [5.74, 6) is -0.125. The lowest BCUT2D eigenvalue weighted by atomic mass is 10.0. The predicted octanol–water partition coefficient (Wildman–Crippen LogP) is 1.41. The highest BCUT2D eigenvalue weighted by molar-refractivity contribution is 5.89. The second-order valence-electron chi connectivity index (χ2n) is 6.66. The summed E-state index contributed by atoms with van der Waals surface area (Å²) < 4.78 is 0. The van der Waals surface area contributed by atoms with Crippen molar-refractivity contribution >= 4 is 11.8 Å². The van der Waals surface area contributed by atoms with E-state index in [0.717, 1.165) is 23.2 Å². The van der Waals surface area contributed by atoms with Gasteiger partial charge in [0.15, 0.2) is 0 Å². The molecule has 0 N–H and O–H groups in total. The molecular formula is C19H20N4O2. The number of hydrogen-bond donors (Lipinski definition) is 0. The Morgan fingerprint density at radius 1 is 1.24 bits per heavy atom. The molecule has 1 saturated heterocycles. The van der Waals surface area contributed by atoms with Crippen LogP contribution in [0.2, 0.25) is 0 Å². The molecule has 1 unspecified atom stereocenters. The summed E-state index contributed by atoms with van der Waals surface area (Å²) in [5, 5.41) is 0. The summed E-state index contributed by atoms with van der Waals surface area (Å²) in [5.41, 5.74) is 3.17. The Hall–Kier alpha value is -2.76. The van der Waals surface area contributed by atoms with E-state index in [1.807, 2.05) is 29.2 Å². The van der Waals surface area contributed by atoms with Crippen molar-refractivity contribution in [1.29, 1.82) is 0 Å². The Kier molecular flexibility index (Phi) is 4.17. The topological polar surface area (TPSA) is 66.4 Å². The third-order valence-electron chi connectivity index (χ3n) is 4.94. The van der Waals surface area contributed by atoms with E-state index in [1.165, 1.54) is 0 Å². The van der Waals surface area contributed by atoms with Crippen LogP contribution in [0.25, 0.3) is 0 Å². The summed E-state index contributed by atoms with van der Waals surface area (Å²) in [6.45, 7) is 2.28. The fraction of sp³-hybridized carbons (Fsp3) is 0.368. The first-order valence-electron chi connectivity index (χ1n) is 8.59. The smallest absolute Gasteiger partial charge is 0.228 e. The van der Waals surface area contributed by atoms with Gasteiger partial charge in [-0.3, -0.25) is 19.6 Å². The van der Waals surface area contributed by atoms with E-state index in [-0.39, 0.29) is 17.7 Å². The summed E-state index contributed by atoms with van der Waals surface area (Å²) in [4.78, 5) is 37.3. The maximum absolute atomic E-state index is 12.9. The highest BCUT2D eigenvalue weighted by Crippen LogP contribution is 2.25. The fourth-order valence-electron chi connectivity index (χ4n) is 3.61. The number of likely N-dealkylation sites (tertiary alicyclic amines) is 1. The van der Waals surface area contributed by atoms with Crippen molar-refractivity contribution in [2.24, 2.45) is 5.92 Å². The molecule has 6 heteroatoms. The predicted molar refractivity (Wildman–Crippen MR) is 91.1 cm³/mol. The van der Waals surface area contributed by atoms with E-state index in [1.54, 1.807) is 23.5 Å². The van der Waals surface area contributed by atoms with Crippen LogP contribution in [0.3, 0.4) is 0 Å². The molecule has 2 aliphatic heterocycles. The molecule has 4 rings (SSSR count). The molecule has 2 aromatic rings. The lowest BCUT2D eigenvalue weighted by molar-refractivity contribution is -0.136. The minimum absolute atomic E-state index is 0.0429. The second-order valence-corrected chi connectivity index (χ2v) is 6.66. The quantitative estimate of drug-likeness (QED) is 0.850. The van der Waals surface area contributed by atoms with Gasteiger partial charge in [0.1, 0.15) is 0 Å². The van der Waals surface area contributed by atoms with Gasteiger partial charge in [-0.25, -0.2) is 0 Å². The third kappa shape index (κ3) is 3.24. The molecular weight excluding hydrogens is 316 g/mol. The number of aromatic nitrogens is 2. The molecule has 2 aliphatic rings. The second kappa shape index (κ2) is 6.63. The summed E-state index contributed by atoms with van der Waals surface area (Å²) >= 11 is 0. The van der Waals surface area contributed by atoms with Gasteiger partial charge >= 0.3 is 0 Å². The summed E-state index contributed by atoms with van der Waals surface area (Å²) in [6, 6.07) is 7.74. The first kappa shape index (κ1) is 15.7. The van der Waals surface area contributed by atoms with Gasteiger partial charge in [0.25, 0.3) is 0 Å². The summed E-state index contributed by atoms with van der Waals surface area (Å²) in [6.07, 6.45) is 6.35. The van der Waals surface area contributed by atoms with Crippen molar-refractivity contribution in [2.75, 3.05) is 13.1 Å². The van der Waals surface area contributed by atoms with Crippen LogP contribution in [0.1, 0.15) is 23.2 Å². The number of carbonyl (C=O) groups excluding carboxylic acids is 2. The van der Waals surface area contributed by atoms with Crippen LogP contribution in [0.5, 0.6) is 0 Å². The fourth-order valence-corrected chi connectivity index (χ4v) is 3.61. The van der Waals surface area contributed by atoms with Crippen LogP contribution >= 0.6 is 0 Å². The maximum atomic E-state index is 12.9. The zero-order valence-corrected chi connectivity index (χ0v) is 14.0. The van der Waals surface area contributed by atoms with Crippen molar-refractivity contribution in [3.05, 3.63) is 59.7 Å². The van der Waals surface area contributed by atoms with Crippen LogP contribution < -0.4 is 0 Å². The minimum Gasteiger partial charge on any atom is -0.338 e. The molecule has 0 bridgehead atoms. The molecule has 2 amide bonds. The Labute approximate surface area is 146 Å². The Morgan fingerprint density at radius 3 is 2.96 bits per heavy atom. The third-order valence-corrected chi connectivity index (χ3v) is 4.94. The van der Waals surface area contributed by atoms with E-state index in [2.05, 4.69) is 9.97 Å². The van der Waals surface area contributed by atoms with E-state index < -0.39 is 0 Å². The van der Waals surface area contributed by atoms with Crippen LogP contribution in [0, 0.1) is 5.92 Å². The van der Waals surface area contributed by atoms with Crippen LogP contribution in [-0.4, -0.2) is 44.7 Å². The summed E-state index contributed by atoms with van der Waals surface area (Å²) in [7, 11) is 0. The number of nitrogens with zero attached hydrogens (tertiary/aromatic N) is 4. The first-order valence-corrected chi connectivity index (χ1v) is 8.59. The molecule has 2 aromatic heterocycles. The molecule has 1 fully saturated rings. The van der Waals surface area contributed by atoms with E-state index in [0.29, 0.717) is 32.6 Å². The molecule has 0 radical (unpaired) electrons. The van der Waals surface area contributed by atoms with E-state index in [9.17, 15) is 9.59 Å². The van der Waals surface area contributed by atoms with E-state index in [4.69, 9.17) is 0 Å². The molecule has 128 valence electrons. The molecule has 4 heterocycles. The van der Waals surface area contributed by atoms with E-state index >= 15 is 0 Å². The van der Waals surface area contributed by atoms with Gasteiger partial charge in [-0.1, -0.05) is 12.1 Å². The van der Waals surface area contributed by atoms with Crippen molar-refractivity contribution in [3.63, 3.8) is 0 Å².